The molecule has 1 aliphatic rings. The first-order chi connectivity index (χ1) is 3.39. The smallest absolute Gasteiger partial charge is 0.0358 e. The molecule has 1 N–H and O–H groups in total. The van der Waals surface area contributed by atoms with Crippen LogP contribution in [0.5, 0.6) is 0 Å². The maximum atomic E-state index is 3.46. The molecule has 1 rings (SSSR count). The molecule has 1 atom stereocenters. The Labute approximate surface area is 51.9 Å². The van der Waals surface area contributed by atoms with Gasteiger partial charge < -0.3 is 5.32 Å². The van der Waals surface area contributed by atoms with Crippen molar-refractivity contribution in [2.75, 3.05) is 6.54 Å². The number of hydrogen-bond donors (Lipinski definition) is 1. The van der Waals surface area contributed by atoms with Gasteiger partial charge in [0.1, 0.15) is 0 Å². The van der Waals surface area contributed by atoms with E-state index in [1.807, 2.05) is 6.20 Å². The van der Waals surface area contributed by atoms with Crippen LogP contribution in [0.2, 0.25) is 0 Å². The van der Waals surface area contributed by atoms with Gasteiger partial charge in [-0.2, -0.15) is 0 Å². The topological polar surface area (TPSA) is 12.0 Å². The van der Waals surface area contributed by atoms with Crippen LogP contribution in [0.25, 0.3) is 0 Å². The minimum atomic E-state index is 0.605. The van der Waals surface area contributed by atoms with E-state index in [-0.39, 0.29) is 0 Å². The van der Waals surface area contributed by atoms with Crippen molar-refractivity contribution < 1.29 is 0 Å². The van der Waals surface area contributed by atoms with Crippen molar-refractivity contribution in [3.05, 3.63) is 12.3 Å². The molecule has 0 spiro atoms. The quantitative estimate of drug-likeness (QED) is 0.528. The summed E-state index contributed by atoms with van der Waals surface area (Å²) < 4.78 is 0. The summed E-state index contributed by atoms with van der Waals surface area (Å²) in [6, 6.07) is 0. The highest BCUT2D eigenvalue weighted by Gasteiger charge is 1.99. The molecule has 0 aliphatic carbocycles. The predicted molar refractivity (Wildman–Crippen MR) is 34.5 cm³/mol. The van der Waals surface area contributed by atoms with Gasteiger partial charge in [-0.05, 0) is 12.6 Å². The van der Waals surface area contributed by atoms with Gasteiger partial charge in [-0.15, -0.1) is 0 Å². The van der Waals surface area contributed by atoms with Crippen LogP contribution in [-0.2, 0) is 0 Å². The summed E-state index contributed by atoms with van der Waals surface area (Å²) in [6.45, 7) is 1.10. The van der Waals surface area contributed by atoms with E-state index in [2.05, 4.69) is 27.3 Å². The second-order valence-corrected chi connectivity index (χ2v) is 2.79. The zero-order valence-electron chi connectivity index (χ0n) is 4.02. The van der Waals surface area contributed by atoms with Crippen LogP contribution < -0.4 is 5.32 Å². The average Bonchev–Trinajstić information content (AvgIpc) is 1.69. The zero-order chi connectivity index (χ0) is 5.11. The van der Waals surface area contributed by atoms with E-state index in [0.29, 0.717) is 4.83 Å². The van der Waals surface area contributed by atoms with Gasteiger partial charge in [-0.25, -0.2) is 0 Å². The lowest BCUT2D eigenvalue weighted by molar-refractivity contribution is 0.743. The molecular formula is C5H8BrN. The molecule has 2 heteroatoms. The average molecular weight is 162 g/mol. The summed E-state index contributed by atoms with van der Waals surface area (Å²) in [6.07, 6.45) is 5.31. The van der Waals surface area contributed by atoms with Crippen molar-refractivity contribution in [2.45, 2.75) is 11.2 Å². The Morgan fingerprint density at radius 2 is 2.57 bits per heavy atom. The molecule has 0 saturated heterocycles. The van der Waals surface area contributed by atoms with Crippen LogP contribution in [0.3, 0.4) is 0 Å². The Morgan fingerprint density at radius 3 is 2.86 bits per heavy atom. The van der Waals surface area contributed by atoms with E-state index in [1.54, 1.807) is 0 Å². The third-order valence-corrected chi connectivity index (χ3v) is 1.75. The van der Waals surface area contributed by atoms with E-state index in [9.17, 15) is 0 Å². The van der Waals surface area contributed by atoms with Crippen molar-refractivity contribution in [1.29, 1.82) is 0 Å². The molecule has 0 bridgehead atoms. The van der Waals surface area contributed by atoms with Gasteiger partial charge in [-0.3, -0.25) is 0 Å². The van der Waals surface area contributed by atoms with Crippen LogP contribution in [0.15, 0.2) is 12.3 Å². The van der Waals surface area contributed by atoms with E-state index in [1.165, 1.54) is 6.42 Å². The molecule has 0 unspecified atom stereocenters. The van der Waals surface area contributed by atoms with Gasteiger partial charge >= 0.3 is 0 Å². The van der Waals surface area contributed by atoms with Crippen LogP contribution in [-0.4, -0.2) is 11.4 Å². The van der Waals surface area contributed by atoms with E-state index >= 15 is 0 Å². The zero-order valence-corrected chi connectivity index (χ0v) is 5.61. The van der Waals surface area contributed by atoms with Crippen molar-refractivity contribution in [2.24, 2.45) is 0 Å². The molecule has 0 aromatic rings. The highest BCUT2D eigenvalue weighted by Crippen LogP contribution is 2.07. The minimum absolute atomic E-state index is 0.605. The largest absolute Gasteiger partial charge is 0.391 e. The van der Waals surface area contributed by atoms with Gasteiger partial charge in [0.2, 0.25) is 0 Å². The first-order valence-corrected chi connectivity index (χ1v) is 3.35. The predicted octanol–water partition coefficient (Wildman–Crippen LogP) is 1.26. The summed E-state index contributed by atoms with van der Waals surface area (Å²) in [5.41, 5.74) is 0. The number of hydrogen-bond acceptors (Lipinski definition) is 1. The van der Waals surface area contributed by atoms with Crippen LogP contribution >= 0.6 is 15.9 Å². The normalized spacial score (nSPS) is 29.6. The molecule has 7 heavy (non-hydrogen) atoms. The maximum Gasteiger partial charge on any atom is 0.0358 e. The highest BCUT2D eigenvalue weighted by atomic mass is 79.9. The summed E-state index contributed by atoms with van der Waals surface area (Å²) in [4.78, 5) is 0.605. The van der Waals surface area contributed by atoms with Crippen LogP contribution in [0, 0.1) is 0 Å². The molecule has 40 valence electrons. The first-order valence-electron chi connectivity index (χ1n) is 2.44. The molecule has 0 radical (unpaired) electrons. The minimum Gasteiger partial charge on any atom is -0.391 e. The molecule has 1 heterocycles. The fourth-order valence-electron chi connectivity index (χ4n) is 0.573. The lowest BCUT2D eigenvalue weighted by atomic mass is 10.2. The molecule has 0 fully saturated rings. The van der Waals surface area contributed by atoms with Gasteiger partial charge in [0.25, 0.3) is 0 Å². The summed E-state index contributed by atoms with van der Waals surface area (Å²) in [7, 11) is 0. The molecule has 0 saturated carbocycles. The fourth-order valence-corrected chi connectivity index (χ4v) is 0.955. The molecule has 1 aliphatic heterocycles. The Balaban J connectivity index is 2.36. The van der Waals surface area contributed by atoms with Crippen LogP contribution in [0.1, 0.15) is 6.42 Å². The maximum absolute atomic E-state index is 3.46. The SMILES string of the molecule is Br[C@H]1C=CNCC1. The van der Waals surface area contributed by atoms with Gasteiger partial charge in [0.15, 0.2) is 0 Å². The third kappa shape index (κ3) is 1.51. The first kappa shape index (κ1) is 5.16. The number of halogens is 1. The fraction of sp³-hybridized carbons (Fsp3) is 0.600. The summed E-state index contributed by atoms with van der Waals surface area (Å²) >= 11 is 3.46. The van der Waals surface area contributed by atoms with E-state index in [0.717, 1.165) is 6.54 Å². The number of alkyl halides is 1. The van der Waals surface area contributed by atoms with Crippen LogP contribution in [0.4, 0.5) is 0 Å². The Hall–Kier alpha value is 0.0200. The van der Waals surface area contributed by atoms with Gasteiger partial charge in [0.05, 0.1) is 0 Å². The molecule has 0 aromatic carbocycles. The lowest BCUT2D eigenvalue weighted by Gasteiger charge is -2.09. The van der Waals surface area contributed by atoms with Crippen molar-refractivity contribution in [3.8, 4) is 0 Å². The Bertz CT molecular complexity index is 80.1. The summed E-state index contributed by atoms with van der Waals surface area (Å²) in [5.74, 6) is 0. The Morgan fingerprint density at radius 1 is 1.71 bits per heavy atom. The number of nitrogens with one attached hydrogen (secondary N) is 1. The highest BCUT2D eigenvalue weighted by molar-refractivity contribution is 9.09. The molecular weight excluding hydrogens is 154 g/mol. The van der Waals surface area contributed by atoms with Gasteiger partial charge in [-0.1, -0.05) is 22.0 Å². The lowest BCUT2D eigenvalue weighted by Crippen LogP contribution is -2.16. The third-order valence-electron chi connectivity index (χ3n) is 0.987. The number of allylic oxidation sites excluding steroid dienone is 1. The van der Waals surface area contributed by atoms with Crippen molar-refractivity contribution >= 4 is 15.9 Å². The Kier molecular flexibility index (Phi) is 1.74. The summed E-state index contributed by atoms with van der Waals surface area (Å²) in [5, 5.41) is 3.10. The monoisotopic (exact) mass is 161 g/mol. The molecule has 0 amide bonds. The standard InChI is InChI=1S/C5H8BrN/c6-5-1-3-7-4-2-5/h1,3,5,7H,2,4H2/t5-/m0/s1. The van der Waals surface area contributed by atoms with Crippen molar-refractivity contribution in [1.82, 2.24) is 5.32 Å². The van der Waals surface area contributed by atoms with Crippen molar-refractivity contribution in [3.63, 3.8) is 0 Å². The van der Waals surface area contributed by atoms with E-state index in [4.69, 9.17) is 0 Å². The second kappa shape index (κ2) is 2.36. The molecule has 0 aromatic heterocycles. The second-order valence-electron chi connectivity index (χ2n) is 1.62. The van der Waals surface area contributed by atoms with E-state index < -0.39 is 0 Å². The van der Waals surface area contributed by atoms with Gasteiger partial charge in [0, 0.05) is 11.4 Å². The number of rotatable bonds is 0. The molecule has 1 nitrogen and oxygen atoms in total.